The first-order valence-corrected chi connectivity index (χ1v) is 43.4. The van der Waals surface area contributed by atoms with Gasteiger partial charge in [-0.2, -0.15) is 0 Å². The molecule has 0 bridgehead atoms. The molecule has 27 N–H and O–H groups in total. The third-order valence-corrected chi connectivity index (χ3v) is 23.4. The summed E-state index contributed by atoms with van der Waals surface area (Å²) in [6.07, 6.45) is -32.0. The summed E-state index contributed by atoms with van der Waals surface area (Å²) in [5.41, 5.74) is 12.2. The van der Waals surface area contributed by atoms with Gasteiger partial charge >= 0.3 is 11.9 Å². The van der Waals surface area contributed by atoms with E-state index >= 15 is 0 Å². The molecule has 6 heterocycles. The fourth-order valence-electron chi connectivity index (χ4n) is 16.1. The van der Waals surface area contributed by atoms with Crippen molar-refractivity contribution in [1.29, 1.82) is 0 Å². The number of aliphatic carboxylic acids is 2. The van der Waals surface area contributed by atoms with Gasteiger partial charge in [-0.15, -0.1) is 0 Å². The highest BCUT2D eigenvalue weighted by Crippen LogP contribution is 2.43. The lowest BCUT2D eigenvalue weighted by Gasteiger charge is -2.53. The topological polar surface area (TPSA) is 680 Å². The summed E-state index contributed by atoms with van der Waals surface area (Å²) in [6.45, 7) is -2.26. The number of carboxylic acid groups (broad SMARTS) is 2. The number of nitrogens with one attached hydrogen (secondary N) is 2. The summed E-state index contributed by atoms with van der Waals surface area (Å²) < 4.78 is 72.2. The SMILES string of the molecule is CCCCCCCCCCCCC/C=C/C(O)C(CNC(=O)CCCCCCCCCCCCCCCCC)O[C@@H]1O[C@H](CO)[C@@H](O[C@H]2O[C@@H](CO)[C@@H](O[C@H]3O[C@@H](CO)[C@@H](O)[C@@H](O[C@H]4O[C@@H](CO)[C@@H](O)[C@@H](O[C@@]5(C(=O)O)C[C@H](O)[C@@H](N)[C@H](C(O)C(O)CO)O5)[C@@H]4O)[C@@H]3NC(C)=O)[C@@H](O[C@@]3(C(=O)O)C[C@H](O)[C@@H](N)[C@H](C(O)C(O)CO)O3)[C@@H]2O)[C@H](O)[C@H]1O. The van der Waals surface area contributed by atoms with Crippen molar-refractivity contribution >= 4 is 23.8 Å². The number of hydrogen-bond donors (Lipinski definition) is 25. The monoisotopic (exact) mass is 1750 g/mol. The largest absolute Gasteiger partial charge is 0.477 e. The molecule has 0 aromatic carbocycles. The van der Waals surface area contributed by atoms with Gasteiger partial charge < -0.3 is 186 Å². The molecule has 6 aliphatic heterocycles. The van der Waals surface area contributed by atoms with Crippen molar-refractivity contribution in [2.45, 2.75) is 421 Å². The highest BCUT2D eigenvalue weighted by Gasteiger charge is 2.64. The van der Waals surface area contributed by atoms with E-state index in [1.807, 2.05) is 0 Å². The molecule has 121 heavy (non-hydrogen) atoms. The number of allylic oxidation sites excluding steroid dienone is 1. The molecule has 41 nitrogen and oxygen atoms in total. The fourth-order valence-corrected chi connectivity index (χ4v) is 16.1. The van der Waals surface area contributed by atoms with Crippen LogP contribution in [0.25, 0.3) is 0 Å². The van der Waals surface area contributed by atoms with Crippen molar-refractivity contribution in [3.8, 4) is 0 Å². The molecule has 41 heteroatoms. The number of aliphatic hydroxyl groups is 19. The Kier molecular flexibility index (Phi) is 47.3. The van der Waals surface area contributed by atoms with Crippen molar-refractivity contribution in [2.75, 3.05) is 46.2 Å². The van der Waals surface area contributed by atoms with Crippen molar-refractivity contribution in [1.82, 2.24) is 10.6 Å². The predicted octanol–water partition coefficient (Wildman–Crippen LogP) is -4.22. The number of aliphatic hydroxyl groups excluding tert-OH is 19. The van der Waals surface area contributed by atoms with Gasteiger partial charge in [-0.05, 0) is 19.3 Å². The second kappa shape index (κ2) is 53.9. The van der Waals surface area contributed by atoms with Crippen molar-refractivity contribution < 1.29 is 183 Å². The van der Waals surface area contributed by atoms with E-state index in [1.54, 1.807) is 6.08 Å². The van der Waals surface area contributed by atoms with Crippen molar-refractivity contribution in [3.63, 3.8) is 0 Å². The van der Waals surface area contributed by atoms with Crippen molar-refractivity contribution in [3.05, 3.63) is 12.2 Å². The zero-order valence-electron chi connectivity index (χ0n) is 69.9. The maximum Gasteiger partial charge on any atom is 0.364 e. The molecule has 34 atom stereocenters. The Morgan fingerprint density at radius 3 is 1.27 bits per heavy atom. The molecule has 0 saturated carbocycles. The van der Waals surface area contributed by atoms with Crippen LogP contribution < -0.4 is 22.1 Å². The van der Waals surface area contributed by atoms with Crippen LogP contribution in [-0.4, -0.2) is 385 Å². The average Bonchev–Trinajstić information content (AvgIpc) is 0.752. The Morgan fingerprint density at radius 1 is 0.455 bits per heavy atom. The standard InChI is InChI=1S/C80H144N4O37/c1-4-6-8-10-12-14-16-18-19-21-23-25-27-29-31-33-54(97)83-36-49(44(92)32-30-28-26-24-22-20-17-15-13-11-9-7-5-2)110-74-63(103)62(102)66(52(41-89)113-74)115-76-65(105)72(121-80(78(108)109)35-46(94)56(82)69(119-80)59(99)48(96)38-86)67(53(42-90)114-76)116-73-57(84-43(3)91)70(60(100)50(39-87)111-73)117-75-64(104)71(61(101)51(40-88)112-75)120-79(77(106)107)34-45(93)55(81)68(118-79)58(98)47(95)37-85/h30,32,44-53,55-76,85-90,92-96,98-105H,4-29,31,33-42,81-82H2,1-3H3,(H,83,97)(H,84,91)(H,106,107)(H,108,109)/b32-30+/t44?,45-,46-,47?,48?,49?,50-,51-,52+,53-,55+,56+,57-,58?,59?,60+,61+,62+,63+,64-,65-,66+,67+,68+,69+,70-,71+,72-,73+,74+,75+,76+,79+,80+/m0/s1. The molecule has 6 fully saturated rings. The molecule has 706 valence electrons. The first kappa shape index (κ1) is 106. The van der Waals surface area contributed by atoms with E-state index in [0.29, 0.717) is 12.8 Å². The lowest BCUT2D eigenvalue weighted by atomic mass is 9.88. The lowest BCUT2D eigenvalue weighted by molar-refractivity contribution is -0.405. The van der Waals surface area contributed by atoms with E-state index in [4.69, 9.17) is 68.3 Å². The van der Waals surface area contributed by atoms with Gasteiger partial charge in [0.25, 0.3) is 11.6 Å². The van der Waals surface area contributed by atoms with Crippen LogP contribution in [0.1, 0.15) is 213 Å². The van der Waals surface area contributed by atoms with E-state index in [0.717, 1.165) is 71.1 Å². The number of amides is 2. The minimum atomic E-state index is -3.41. The van der Waals surface area contributed by atoms with Crippen LogP contribution in [-0.2, 0) is 76.0 Å². The van der Waals surface area contributed by atoms with Gasteiger partial charge in [-0.25, -0.2) is 9.59 Å². The van der Waals surface area contributed by atoms with Crippen molar-refractivity contribution in [2.24, 2.45) is 11.5 Å². The molecule has 0 aromatic rings. The first-order chi connectivity index (χ1) is 57.8. The Morgan fingerprint density at radius 2 is 0.835 bits per heavy atom. The Labute approximate surface area is 705 Å². The molecule has 0 radical (unpaired) electrons. The minimum Gasteiger partial charge on any atom is -0.477 e. The second-order valence-electron chi connectivity index (χ2n) is 32.9. The summed E-state index contributed by atoms with van der Waals surface area (Å²) >= 11 is 0. The zero-order chi connectivity index (χ0) is 89.3. The van der Waals surface area contributed by atoms with E-state index in [-0.39, 0.29) is 18.9 Å². The number of hydrogen-bond acceptors (Lipinski definition) is 37. The zero-order valence-corrected chi connectivity index (χ0v) is 69.9. The summed E-state index contributed by atoms with van der Waals surface area (Å²) in [4.78, 5) is 53.9. The van der Waals surface area contributed by atoms with E-state index in [2.05, 4.69) is 24.5 Å². The molecule has 0 aliphatic carbocycles. The van der Waals surface area contributed by atoms with Crippen LogP contribution >= 0.6 is 0 Å². The highest BCUT2D eigenvalue weighted by atomic mass is 16.8. The predicted molar refractivity (Wildman–Crippen MR) is 421 cm³/mol. The summed E-state index contributed by atoms with van der Waals surface area (Å²) in [7, 11) is 0. The first-order valence-electron chi connectivity index (χ1n) is 43.4. The van der Waals surface area contributed by atoms with Crippen LogP contribution in [0.15, 0.2) is 12.2 Å². The molecule has 6 unspecified atom stereocenters. The van der Waals surface area contributed by atoms with Gasteiger partial charge in [0.05, 0.1) is 63.9 Å². The summed E-state index contributed by atoms with van der Waals surface area (Å²) in [5, 5.41) is 240. The smallest absolute Gasteiger partial charge is 0.364 e. The molecular weight excluding hydrogens is 1610 g/mol. The Balaban J connectivity index is 1.28. The average molecular weight is 1750 g/mol. The molecule has 0 aromatic heterocycles. The van der Waals surface area contributed by atoms with Gasteiger partial charge in [-0.1, -0.05) is 180 Å². The maximum atomic E-state index is 13.9. The highest BCUT2D eigenvalue weighted by molar-refractivity contribution is 5.77. The van der Waals surface area contributed by atoms with Gasteiger partial charge in [0.2, 0.25) is 11.8 Å². The fraction of sp³-hybridized carbons (Fsp3) is 0.925. The molecular formula is C80H144N4O37. The molecule has 6 aliphatic rings. The number of carbonyl (C=O) groups excluding carboxylic acids is 2. The van der Waals surface area contributed by atoms with Crippen LogP contribution in [0.2, 0.25) is 0 Å². The number of nitrogens with two attached hydrogens (primary N) is 2. The van der Waals surface area contributed by atoms with E-state index < -0.39 is 278 Å². The van der Waals surface area contributed by atoms with Gasteiger partial charge in [-0.3, -0.25) is 9.59 Å². The molecule has 6 rings (SSSR count). The third-order valence-electron chi connectivity index (χ3n) is 23.4. The van der Waals surface area contributed by atoms with Crippen LogP contribution in [0.3, 0.4) is 0 Å². The van der Waals surface area contributed by atoms with Gasteiger partial charge in [0.1, 0.15) is 146 Å². The van der Waals surface area contributed by atoms with Crippen LogP contribution in [0.4, 0.5) is 0 Å². The van der Waals surface area contributed by atoms with E-state index in [9.17, 15) is 126 Å². The molecule has 2 amide bonds. The number of ether oxygens (including phenoxy) is 12. The molecule has 6 saturated heterocycles. The second-order valence-corrected chi connectivity index (χ2v) is 32.9. The van der Waals surface area contributed by atoms with Crippen LogP contribution in [0, 0.1) is 0 Å². The number of rotatable bonds is 57. The Bertz CT molecular complexity index is 2950. The number of carboxylic acids is 2. The third kappa shape index (κ3) is 30.5. The normalized spacial score (nSPS) is 36.4. The number of unbranched alkanes of at least 4 members (excludes halogenated alkanes) is 25. The lowest BCUT2D eigenvalue weighted by Crippen LogP contribution is -2.72. The Hall–Kier alpha value is -3.70. The molecule has 0 spiro atoms. The summed E-state index contributed by atoms with van der Waals surface area (Å²) in [6, 6.07) is -5.57. The van der Waals surface area contributed by atoms with Gasteiger partial charge in [0, 0.05) is 32.7 Å². The van der Waals surface area contributed by atoms with E-state index in [1.165, 1.54) is 102 Å². The maximum absolute atomic E-state index is 13.9. The van der Waals surface area contributed by atoms with Gasteiger partial charge in [0.15, 0.2) is 25.2 Å². The number of carbonyl (C=O) groups is 4. The quantitative estimate of drug-likeness (QED) is 0.0203. The minimum absolute atomic E-state index is 0.142. The summed E-state index contributed by atoms with van der Waals surface area (Å²) in [5.74, 6) is -12.3. The van der Waals surface area contributed by atoms with Crippen LogP contribution in [0.5, 0.6) is 0 Å².